The first-order chi connectivity index (χ1) is 12.6. The zero-order valence-electron chi connectivity index (χ0n) is 14.5. The molecule has 0 saturated carbocycles. The SMILES string of the molecule is CC(=O)N1CCC(Nc2ccnc3c(F)c(-c4ccccc4)nn23)CC1. The van der Waals surface area contributed by atoms with Crippen LogP contribution in [0.5, 0.6) is 0 Å². The summed E-state index contributed by atoms with van der Waals surface area (Å²) in [6, 6.07) is 11.3. The molecular formula is C19H20FN5O. The Morgan fingerprint density at radius 3 is 2.62 bits per heavy atom. The van der Waals surface area contributed by atoms with E-state index in [0.717, 1.165) is 31.5 Å². The molecule has 1 amide bonds. The van der Waals surface area contributed by atoms with Crippen molar-refractivity contribution in [2.24, 2.45) is 0 Å². The van der Waals surface area contributed by atoms with Crippen molar-refractivity contribution in [3.8, 4) is 11.3 Å². The third kappa shape index (κ3) is 3.00. The van der Waals surface area contributed by atoms with E-state index in [0.29, 0.717) is 11.5 Å². The van der Waals surface area contributed by atoms with Crippen LogP contribution in [-0.2, 0) is 4.79 Å². The van der Waals surface area contributed by atoms with Gasteiger partial charge in [0.25, 0.3) is 0 Å². The number of hydrogen-bond donors (Lipinski definition) is 1. The number of nitrogens with zero attached hydrogens (tertiary/aromatic N) is 4. The van der Waals surface area contributed by atoms with Crippen LogP contribution in [0.3, 0.4) is 0 Å². The number of carbonyl (C=O) groups is 1. The fourth-order valence-corrected chi connectivity index (χ4v) is 3.36. The van der Waals surface area contributed by atoms with E-state index in [1.165, 1.54) is 4.52 Å². The highest BCUT2D eigenvalue weighted by atomic mass is 19.1. The van der Waals surface area contributed by atoms with Gasteiger partial charge in [-0.1, -0.05) is 30.3 Å². The van der Waals surface area contributed by atoms with Crippen molar-refractivity contribution in [3.05, 3.63) is 48.4 Å². The van der Waals surface area contributed by atoms with E-state index in [4.69, 9.17) is 0 Å². The number of benzene rings is 1. The van der Waals surface area contributed by atoms with E-state index in [1.807, 2.05) is 35.2 Å². The molecule has 0 spiro atoms. The molecule has 1 fully saturated rings. The Balaban J connectivity index is 1.62. The molecule has 4 rings (SSSR count). The summed E-state index contributed by atoms with van der Waals surface area (Å²) >= 11 is 0. The van der Waals surface area contributed by atoms with Gasteiger partial charge in [0.1, 0.15) is 11.5 Å². The van der Waals surface area contributed by atoms with Crippen LogP contribution in [0.25, 0.3) is 16.9 Å². The number of hydrogen-bond acceptors (Lipinski definition) is 4. The van der Waals surface area contributed by atoms with Crippen LogP contribution in [-0.4, -0.2) is 44.5 Å². The first-order valence-electron chi connectivity index (χ1n) is 8.74. The molecule has 6 nitrogen and oxygen atoms in total. The van der Waals surface area contributed by atoms with Gasteiger partial charge in [-0.2, -0.15) is 9.61 Å². The van der Waals surface area contributed by atoms with Crippen LogP contribution in [0.15, 0.2) is 42.6 Å². The first kappa shape index (κ1) is 16.5. The molecule has 1 aliphatic heterocycles. The van der Waals surface area contributed by atoms with E-state index in [9.17, 15) is 9.18 Å². The van der Waals surface area contributed by atoms with Gasteiger partial charge in [-0.05, 0) is 18.9 Å². The van der Waals surface area contributed by atoms with Gasteiger partial charge in [0, 0.05) is 37.8 Å². The first-order valence-corrected chi connectivity index (χ1v) is 8.74. The van der Waals surface area contributed by atoms with Gasteiger partial charge in [0.2, 0.25) is 5.91 Å². The Bertz CT molecular complexity index is 932. The monoisotopic (exact) mass is 353 g/mol. The summed E-state index contributed by atoms with van der Waals surface area (Å²) in [7, 11) is 0. The number of anilines is 1. The van der Waals surface area contributed by atoms with Crippen molar-refractivity contribution in [1.82, 2.24) is 19.5 Å². The number of likely N-dealkylation sites (tertiary alicyclic amines) is 1. The van der Waals surface area contributed by atoms with E-state index in [1.54, 1.807) is 19.2 Å². The van der Waals surface area contributed by atoms with Crippen LogP contribution in [0.1, 0.15) is 19.8 Å². The average molecular weight is 353 g/mol. The van der Waals surface area contributed by atoms with Crippen LogP contribution in [0.2, 0.25) is 0 Å². The van der Waals surface area contributed by atoms with Gasteiger partial charge in [-0.3, -0.25) is 4.79 Å². The van der Waals surface area contributed by atoms with E-state index >= 15 is 0 Å². The highest BCUT2D eigenvalue weighted by molar-refractivity contribution is 5.73. The van der Waals surface area contributed by atoms with Crippen molar-refractivity contribution in [2.75, 3.05) is 18.4 Å². The number of fused-ring (bicyclic) bond motifs is 1. The highest BCUT2D eigenvalue weighted by Crippen LogP contribution is 2.26. The molecule has 0 radical (unpaired) electrons. The number of rotatable bonds is 3. The maximum Gasteiger partial charge on any atom is 0.219 e. The van der Waals surface area contributed by atoms with Gasteiger partial charge < -0.3 is 10.2 Å². The zero-order valence-corrected chi connectivity index (χ0v) is 14.5. The highest BCUT2D eigenvalue weighted by Gasteiger charge is 2.22. The molecule has 0 bridgehead atoms. The van der Waals surface area contributed by atoms with E-state index < -0.39 is 5.82 Å². The summed E-state index contributed by atoms with van der Waals surface area (Å²) in [5.41, 5.74) is 1.21. The second-order valence-electron chi connectivity index (χ2n) is 6.52. The van der Waals surface area contributed by atoms with Crippen LogP contribution in [0.4, 0.5) is 10.2 Å². The van der Waals surface area contributed by atoms with E-state index in [-0.39, 0.29) is 17.6 Å². The van der Waals surface area contributed by atoms with Crippen molar-refractivity contribution >= 4 is 17.4 Å². The summed E-state index contributed by atoms with van der Waals surface area (Å²) in [6.45, 7) is 3.05. The Morgan fingerprint density at radius 1 is 1.19 bits per heavy atom. The lowest BCUT2D eigenvalue weighted by Crippen LogP contribution is -2.41. The molecule has 0 aliphatic carbocycles. The summed E-state index contributed by atoms with van der Waals surface area (Å²) < 4.78 is 16.3. The minimum absolute atomic E-state index is 0.108. The third-order valence-corrected chi connectivity index (χ3v) is 4.80. The van der Waals surface area contributed by atoms with Crippen LogP contribution < -0.4 is 5.32 Å². The maximum absolute atomic E-state index is 14.8. The fourth-order valence-electron chi connectivity index (χ4n) is 3.36. The normalized spacial score (nSPS) is 15.4. The quantitative estimate of drug-likeness (QED) is 0.786. The summed E-state index contributed by atoms with van der Waals surface area (Å²) in [5.74, 6) is 0.389. The number of aromatic nitrogens is 3. The Morgan fingerprint density at radius 2 is 1.92 bits per heavy atom. The predicted molar refractivity (Wildman–Crippen MR) is 97.3 cm³/mol. The van der Waals surface area contributed by atoms with Gasteiger partial charge >= 0.3 is 0 Å². The molecule has 1 aliphatic rings. The van der Waals surface area contributed by atoms with Gasteiger partial charge in [-0.15, -0.1) is 0 Å². The number of nitrogens with one attached hydrogen (secondary N) is 1. The van der Waals surface area contributed by atoms with Gasteiger partial charge in [-0.25, -0.2) is 9.37 Å². The summed E-state index contributed by atoms with van der Waals surface area (Å²) in [4.78, 5) is 17.5. The van der Waals surface area contributed by atoms with E-state index in [2.05, 4.69) is 15.4 Å². The smallest absolute Gasteiger partial charge is 0.219 e. The Labute approximate surface area is 150 Å². The van der Waals surface area contributed by atoms with Crippen molar-refractivity contribution < 1.29 is 9.18 Å². The molecule has 3 aromatic rings. The minimum atomic E-state index is -0.425. The second-order valence-corrected chi connectivity index (χ2v) is 6.52. The largest absolute Gasteiger partial charge is 0.367 e. The van der Waals surface area contributed by atoms with Crippen molar-refractivity contribution in [2.45, 2.75) is 25.8 Å². The average Bonchev–Trinajstić information content (AvgIpc) is 3.01. The molecule has 0 atom stereocenters. The van der Waals surface area contributed by atoms with Crippen LogP contribution in [0, 0.1) is 5.82 Å². The Kier molecular flexibility index (Phi) is 4.28. The fraction of sp³-hybridized carbons (Fsp3) is 0.316. The zero-order chi connectivity index (χ0) is 18.1. The Hall–Kier alpha value is -2.96. The predicted octanol–water partition coefficient (Wildman–Crippen LogP) is 2.96. The van der Waals surface area contributed by atoms with Gasteiger partial charge in [0.15, 0.2) is 11.5 Å². The topological polar surface area (TPSA) is 62.5 Å². The minimum Gasteiger partial charge on any atom is -0.367 e. The molecule has 26 heavy (non-hydrogen) atoms. The molecule has 1 saturated heterocycles. The molecule has 3 heterocycles. The number of halogens is 1. The maximum atomic E-state index is 14.8. The van der Waals surface area contributed by atoms with Gasteiger partial charge in [0.05, 0.1) is 0 Å². The summed E-state index contributed by atoms with van der Waals surface area (Å²) in [5, 5.41) is 7.87. The molecule has 1 aromatic carbocycles. The molecule has 2 aromatic heterocycles. The van der Waals surface area contributed by atoms with Crippen molar-refractivity contribution in [3.63, 3.8) is 0 Å². The van der Waals surface area contributed by atoms with Crippen molar-refractivity contribution in [1.29, 1.82) is 0 Å². The number of carbonyl (C=O) groups excluding carboxylic acids is 1. The molecule has 0 unspecified atom stereocenters. The lowest BCUT2D eigenvalue weighted by molar-refractivity contribution is -0.129. The standard InChI is InChI=1S/C19H20FN5O/c1-13(26)24-11-8-15(9-12-24)22-16-7-10-21-19-17(20)18(23-25(16)19)14-5-3-2-4-6-14/h2-7,10,15,22H,8-9,11-12H2,1H3. The molecular weight excluding hydrogens is 333 g/mol. The molecule has 1 N–H and O–H groups in total. The molecule has 134 valence electrons. The lowest BCUT2D eigenvalue weighted by Gasteiger charge is -2.32. The summed E-state index contributed by atoms with van der Waals surface area (Å²) in [6.07, 6.45) is 3.28. The second kappa shape index (κ2) is 6.74. The number of amides is 1. The number of piperidine rings is 1. The molecule has 7 heteroatoms. The third-order valence-electron chi connectivity index (χ3n) is 4.80. The lowest BCUT2D eigenvalue weighted by atomic mass is 10.1. The van der Waals surface area contributed by atoms with Crippen LogP contribution >= 0.6 is 0 Å².